The number of alkyl carbamates (subject to hydrolysis) is 1. The Morgan fingerprint density at radius 1 is 1.50 bits per heavy atom. The topological polar surface area (TPSA) is 146 Å². The first kappa shape index (κ1) is 17.4. The molecule has 4 N–H and O–H groups in total. The van der Waals surface area contributed by atoms with Crippen molar-refractivity contribution in [2.45, 2.75) is 44.9 Å². The lowest BCUT2D eigenvalue weighted by molar-refractivity contribution is -0.126. The number of amides is 3. The minimum atomic E-state index is -1.14. The second kappa shape index (κ2) is 6.69. The number of rotatable bonds is 4. The van der Waals surface area contributed by atoms with Crippen molar-refractivity contribution in [1.29, 1.82) is 0 Å². The minimum absolute atomic E-state index is 0.163. The second-order valence-corrected chi connectivity index (χ2v) is 6.17. The number of anilines is 1. The van der Waals surface area contributed by atoms with Crippen molar-refractivity contribution in [3.63, 3.8) is 0 Å². The highest BCUT2D eigenvalue weighted by molar-refractivity contribution is 5.97. The van der Waals surface area contributed by atoms with Crippen LogP contribution in [0.5, 0.6) is 5.88 Å². The summed E-state index contributed by atoms with van der Waals surface area (Å²) in [5.74, 6) is -1.13. The zero-order valence-electron chi connectivity index (χ0n) is 13.5. The third kappa shape index (κ3) is 4.54. The van der Waals surface area contributed by atoms with Crippen molar-refractivity contribution in [1.82, 2.24) is 15.3 Å². The molecule has 2 heterocycles. The summed E-state index contributed by atoms with van der Waals surface area (Å²) in [5.41, 5.74) is 4.88. The van der Waals surface area contributed by atoms with E-state index >= 15 is 0 Å². The minimum Gasteiger partial charge on any atom is -0.463 e. The van der Waals surface area contributed by atoms with Gasteiger partial charge in [-0.2, -0.15) is 4.98 Å². The summed E-state index contributed by atoms with van der Waals surface area (Å²) in [7, 11) is 0. The standard InChI is InChI=1S/C14H19N5O5/c1-14(2,3)24-13(22)19-7(10(15)20)4-9-11(21)18-8-5-16-6-17-12(8)23-9/h5-7,9H,4H2,1-3H3,(H2,15,20)(H,18,21)(H,19,22). The highest BCUT2D eigenvalue weighted by Crippen LogP contribution is 2.26. The van der Waals surface area contributed by atoms with Crippen LogP contribution in [0.4, 0.5) is 10.5 Å². The summed E-state index contributed by atoms with van der Waals surface area (Å²) >= 11 is 0. The van der Waals surface area contributed by atoms with Crippen molar-refractivity contribution in [3.05, 3.63) is 12.5 Å². The number of nitrogens with zero attached hydrogens (tertiary/aromatic N) is 2. The predicted octanol–water partition coefficient (Wildman–Crippen LogP) is -0.0552. The summed E-state index contributed by atoms with van der Waals surface area (Å²) in [6.07, 6.45) is 0.632. The van der Waals surface area contributed by atoms with Gasteiger partial charge in [-0.3, -0.25) is 9.59 Å². The maximum atomic E-state index is 12.0. The van der Waals surface area contributed by atoms with E-state index in [4.69, 9.17) is 15.2 Å². The van der Waals surface area contributed by atoms with Crippen LogP contribution in [0, 0.1) is 0 Å². The molecule has 0 saturated heterocycles. The maximum absolute atomic E-state index is 12.0. The van der Waals surface area contributed by atoms with Crippen LogP contribution in [-0.4, -0.2) is 45.6 Å². The second-order valence-electron chi connectivity index (χ2n) is 6.17. The van der Waals surface area contributed by atoms with E-state index in [9.17, 15) is 14.4 Å². The Kier molecular flexibility index (Phi) is 4.86. The fourth-order valence-corrected chi connectivity index (χ4v) is 1.96. The molecule has 2 atom stereocenters. The molecule has 2 unspecified atom stereocenters. The number of hydrogen-bond donors (Lipinski definition) is 3. The van der Waals surface area contributed by atoms with Gasteiger partial charge >= 0.3 is 6.09 Å². The molecule has 0 fully saturated rings. The first-order chi connectivity index (χ1) is 11.2. The van der Waals surface area contributed by atoms with Gasteiger partial charge in [0.15, 0.2) is 6.10 Å². The molecule has 0 aromatic carbocycles. The highest BCUT2D eigenvalue weighted by atomic mass is 16.6. The van der Waals surface area contributed by atoms with Gasteiger partial charge in [-0.1, -0.05) is 0 Å². The average Bonchev–Trinajstić information content (AvgIpc) is 2.45. The first-order valence-corrected chi connectivity index (χ1v) is 7.22. The Labute approximate surface area is 138 Å². The van der Waals surface area contributed by atoms with Gasteiger partial charge in [0.1, 0.15) is 23.7 Å². The molecule has 0 saturated carbocycles. The molecule has 0 radical (unpaired) electrons. The Balaban J connectivity index is 2.04. The number of hydrogen-bond acceptors (Lipinski definition) is 7. The molecule has 0 spiro atoms. The summed E-state index contributed by atoms with van der Waals surface area (Å²) in [6, 6.07) is -1.14. The summed E-state index contributed by atoms with van der Waals surface area (Å²) < 4.78 is 10.5. The van der Waals surface area contributed by atoms with E-state index in [1.165, 1.54) is 12.5 Å². The lowest BCUT2D eigenvalue weighted by atomic mass is 10.1. The van der Waals surface area contributed by atoms with E-state index in [0.717, 1.165) is 0 Å². The molecule has 2 rings (SSSR count). The van der Waals surface area contributed by atoms with Crippen LogP contribution < -0.4 is 21.1 Å². The van der Waals surface area contributed by atoms with Crippen LogP contribution in [-0.2, 0) is 14.3 Å². The van der Waals surface area contributed by atoms with Crippen LogP contribution >= 0.6 is 0 Å². The van der Waals surface area contributed by atoms with E-state index in [-0.39, 0.29) is 12.3 Å². The van der Waals surface area contributed by atoms with Gasteiger partial charge in [-0.25, -0.2) is 9.78 Å². The fourth-order valence-electron chi connectivity index (χ4n) is 1.96. The number of fused-ring (bicyclic) bond motifs is 1. The molecule has 130 valence electrons. The Morgan fingerprint density at radius 2 is 2.21 bits per heavy atom. The van der Waals surface area contributed by atoms with E-state index < -0.39 is 35.7 Å². The third-order valence-electron chi connectivity index (χ3n) is 2.96. The van der Waals surface area contributed by atoms with Gasteiger partial charge < -0.3 is 25.8 Å². The van der Waals surface area contributed by atoms with Gasteiger partial charge in [0, 0.05) is 6.42 Å². The molecule has 10 heteroatoms. The van der Waals surface area contributed by atoms with Crippen LogP contribution in [0.25, 0.3) is 0 Å². The number of carbonyl (C=O) groups is 3. The van der Waals surface area contributed by atoms with Gasteiger partial charge in [-0.15, -0.1) is 0 Å². The SMILES string of the molecule is CC(C)(C)OC(=O)NC(CC1Oc2ncncc2NC1=O)C(N)=O. The monoisotopic (exact) mass is 337 g/mol. The highest BCUT2D eigenvalue weighted by Gasteiger charge is 2.34. The van der Waals surface area contributed by atoms with E-state index in [1.54, 1.807) is 20.8 Å². The number of nitrogens with two attached hydrogens (primary N) is 1. The van der Waals surface area contributed by atoms with Crippen LogP contribution in [0.1, 0.15) is 27.2 Å². The van der Waals surface area contributed by atoms with Crippen molar-refractivity contribution in [2.75, 3.05) is 5.32 Å². The molecule has 0 aliphatic carbocycles. The van der Waals surface area contributed by atoms with Gasteiger partial charge in [0.2, 0.25) is 11.8 Å². The molecule has 1 aromatic heterocycles. The molecule has 1 aromatic rings. The fraction of sp³-hybridized carbons (Fsp3) is 0.500. The molecular formula is C14H19N5O5. The van der Waals surface area contributed by atoms with Crippen molar-refractivity contribution < 1.29 is 23.9 Å². The zero-order valence-corrected chi connectivity index (χ0v) is 13.5. The van der Waals surface area contributed by atoms with Crippen molar-refractivity contribution >= 4 is 23.6 Å². The zero-order chi connectivity index (χ0) is 17.9. The summed E-state index contributed by atoms with van der Waals surface area (Å²) in [6.45, 7) is 5.04. The number of aromatic nitrogens is 2. The van der Waals surface area contributed by atoms with Crippen LogP contribution in [0.2, 0.25) is 0 Å². The lowest BCUT2D eigenvalue weighted by Crippen LogP contribution is -2.51. The number of carbonyl (C=O) groups excluding carboxylic acids is 3. The Morgan fingerprint density at radius 3 is 2.83 bits per heavy atom. The van der Waals surface area contributed by atoms with Gasteiger partial charge in [0.05, 0.1) is 6.20 Å². The normalized spacial score (nSPS) is 17.8. The smallest absolute Gasteiger partial charge is 0.408 e. The van der Waals surface area contributed by atoms with Crippen molar-refractivity contribution in [3.8, 4) is 5.88 Å². The molecule has 24 heavy (non-hydrogen) atoms. The largest absolute Gasteiger partial charge is 0.463 e. The Hall–Kier alpha value is -2.91. The number of nitrogens with one attached hydrogen (secondary N) is 2. The lowest BCUT2D eigenvalue weighted by Gasteiger charge is -2.27. The molecule has 1 aliphatic heterocycles. The average molecular weight is 337 g/mol. The first-order valence-electron chi connectivity index (χ1n) is 7.22. The van der Waals surface area contributed by atoms with E-state index in [1.807, 2.05) is 0 Å². The Bertz CT molecular complexity index is 657. The number of ether oxygens (including phenoxy) is 2. The van der Waals surface area contributed by atoms with Crippen molar-refractivity contribution in [2.24, 2.45) is 5.73 Å². The molecule has 0 bridgehead atoms. The van der Waals surface area contributed by atoms with Crippen LogP contribution in [0.15, 0.2) is 12.5 Å². The van der Waals surface area contributed by atoms with Gasteiger partial charge in [-0.05, 0) is 20.8 Å². The van der Waals surface area contributed by atoms with E-state index in [2.05, 4.69) is 20.6 Å². The maximum Gasteiger partial charge on any atom is 0.408 e. The quantitative estimate of drug-likeness (QED) is 0.698. The summed E-state index contributed by atoms with van der Waals surface area (Å²) in [4.78, 5) is 43.1. The summed E-state index contributed by atoms with van der Waals surface area (Å²) in [5, 5.41) is 4.90. The molecule has 1 aliphatic rings. The molecular weight excluding hydrogens is 318 g/mol. The van der Waals surface area contributed by atoms with E-state index in [0.29, 0.717) is 5.69 Å². The third-order valence-corrected chi connectivity index (χ3v) is 2.96. The number of primary amides is 1. The van der Waals surface area contributed by atoms with Crippen LogP contribution in [0.3, 0.4) is 0 Å². The van der Waals surface area contributed by atoms with Gasteiger partial charge in [0.25, 0.3) is 5.91 Å². The molecule has 3 amide bonds. The predicted molar refractivity (Wildman–Crippen MR) is 82.0 cm³/mol. The molecule has 10 nitrogen and oxygen atoms in total.